The van der Waals surface area contributed by atoms with E-state index < -0.39 is 0 Å². The Kier molecular flexibility index (Phi) is 3.84. The maximum Gasteiger partial charge on any atom is 0.0373 e. The van der Waals surface area contributed by atoms with Gasteiger partial charge in [-0.15, -0.1) is 0 Å². The van der Waals surface area contributed by atoms with Crippen LogP contribution < -0.4 is 5.32 Å². The lowest BCUT2D eigenvalue weighted by atomic mass is 10.1. The van der Waals surface area contributed by atoms with Gasteiger partial charge in [-0.05, 0) is 39.4 Å². The predicted molar refractivity (Wildman–Crippen MR) is 61.1 cm³/mol. The zero-order chi connectivity index (χ0) is 10.6. The van der Waals surface area contributed by atoms with E-state index >= 15 is 0 Å². The molecule has 0 fully saturated rings. The molecule has 76 valence electrons. The van der Waals surface area contributed by atoms with Crippen LogP contribution in [0.2, 0.25) is 0 Å². The van der Waals surface area contributed by atoms with Crippen LogP contribution in [0.5, 0.6) is 0 Å². The molecule has 0 aromatic carbocycles. The first-order chi connectivity index (χ1) is 6.63. The van der Waals surface area contributed by atoms with E-state index in [1.165, 1.54) is 5.57 Å². The van der Waals surface area contributed by atoms with Crippen LogP contribution in [0.3, 0.4) is 0 Å². The number of nitrogens with one attached hydrogen (secondary N) is 1. The fourth-order valence-corrected chi connectivity index (χ4v) is 1.18. The first kappa shape index (κ1) is 10.9. The highest BCUT2D eigenvalue weighted by molar-refractivity contribution is 5.52. The molecule has 1 rings (SSSR count). The molecule has 0 aliphatic carbocycles. The first-order valence-corrected chi connectivity index (χ1v) is 4.91. The fraction of sp³-hybridized carbons (Fsp3) is 0.417. The number of aryl methyl sites for hydroxylation is 1. The van der Waals surface area contributed by atoms with Crippen molar-refractivity contribution in [2.75, 3.05) is 7.05 Å². The number of likely N-dealkylation sites (N-methyl/N-ethyl adjacent to an activating group) is 1. The summed E-state index contributed by atoms with van der Waals surface area (Å²) >= 11 is 0. The molecule has 14 heavy (non-hydrogen) atoms. The number of hydrogen-bond donors (Lipinski definition) is 1. The number of nitrogens with zero attached hydrogens (tertiary/aromatic N) is 1. The zero-order valence-corrected chi connectivity index (χ0v) is 9.33. The molecule has 2 heteroatoms. The predicted octanol–water partition coefficient (Wildman–Crippen LogP) is 2.40. The molecular weight excluding hydrogens is 172 g/mol. The molecular formula is C12H18N2. The van der Waals surface area contributed by atoms with Crippen LogP contribution in [-0.2, 0) is 0 Å². The Hall–Kier alpha value is -1.15. The molecule has 0 saturated heterocycles. The minimum absolute atomic E-state index is 0.413. The van der Waals surface area contributed by atoms with Crippen molar-refractivity contribution in [2.45, 2.75) is 26.8 Å². The van der Waals surface area contributed by atoms with E-state index in [1.807, 2.05) is 26.2 Å². The van der Waals surface area contributed by atoms with Crippen molar-refractivity contribution in [1.82, 2.24) is 10.3 Å². The van der Waals surface area contributed by atoms with Gasteiger partial charge < -0.3 is 5.32 Å². The summed E-state index contributed by atoms with van der Waals surface area (Å²) in [4.78, 5) is 4.25. The van der Waals surface area contributed by atoms with Gasteiger partial charge in [-0.25, -0.2) is 0 Å². The number of rotatable bonds is 3. The Labute approximate surface area is 86.1 Å². The van der Waals surface area contributed by atoms with E-state index in [4.69, 9.17) is 0 Å². The summed E-state index contributed by atoms with van der Waals surface area (Å²) in [5.74, 6) is 0. The lowest BCUT2D eigenvalue weighted by Crippen LogP contribution is -2.21. The summed E-state index contributed by atoms with van der Waals surface area (Å²) in [6.45, 7) is 6.27. The third kappa shape index (κ3) is 2.96. The Morgan fingerprint density at radius 3 is 2.71 bits per heavy atom. The van der Waals surface area contributed by atoms with Gasteiger partial charge in [0.15, 0.2) is 0 Å². The summed E-state index contributed by atoms with van der Waals surface area (Å²) in [6, 6.07) is 4.54. The van der Waals surface area contributed by atoms with E-state index in [9.17, 15) is 0 Å². The Morgan fingerprint density at radius 2 is 2.21 bits per heavy atom. The molecule has 0 bridgehead atoms. The molecule has 1 heterocycles. The molecule has 0 spiro atoms. The standard InChI is InChI=1S/C12H18N2/c1-9(11(3)13-4)7-12-6-5-10(2)14-8-12/h5-8,11,13H,1-4H3/b9-7+. The van der Waals surface area contributed by atoms with Gasteiger partial charge in [0, 0.05) is 17.9 Å². The third-order valence-electron chi connectivity index (χ3n) is 2.44. The van der Waals surface area contributed by atoms with Gasteiger partial charge in [0.1, 0.15) is 0 Å². The van der Waals surface area contributed by atoms with Crippen molar-refractivity contribution >= 4 is 6.08 Å². The summed E-state index contributed by atoms with van der Waals surface area (Å²) in [5.41, 5.74) is 3.54. The van der Waals surface area contributed by atoms with E-state index in [0.29, 0.717) is 6.04 Å². The van der Waals surface area contributed by atoms with Crippen molar-refractivity contribution in [3.8, 4) is 0 Å². The summed E-state index contributed by atoms with van der Waals surface area (Å²) in [7, 11) is 1.97. The fourth-order valence-electron chi connectivity index (χ4n) is 1.18. The topological polar surface area (TPSA) is 24.9 Å². The highest BCUT2D eigenvalue weighted by Crippen LogP contribution is 2.08. The van der Waals surface area contributed by atoms with Gasteiger partial charge in [-0.2, -0.15) is 0 Å². The summed E-state index contributed by atoms with van der Waals surface area (Å²) < 4.78 is 0. The summed E-state index contributed by atoms with van der Waals surface area (Å²) in [6.07, 6.45) is 4.06. The van der Waals surface area contributed by atoms with Gasteiger partial charge in [-0.1, -0.05) is 17.7 Å². The Bertz CT molecular complexity index is 312. The molecule has 2 nitrogen and oxygen atoms in total. The van der Waals surface area contributed by atoms with Crippen molar-refractivity contribution in [3.63, 3.8) is 0 Å². The first-order valence-electron chi connectivity index (χ1n) is 4.91. The highest BCUT2D eigenvalue weighted by atomic mass is 14.9. The maximum absolute atomic E-state index is 4.25. The minimum atomic E-state index is 0.413. The largest absolute Gasteiger partial charge is 0.314 e. The van der Waals surface area contributed by atoms with Crippen molar-refractivity contribution in [3.05, 3.63) is 35.2 Å². The molecule has 1 unspecified atom stereocenters. The number of hydrogen-bond acceptors (Lipinski definition) is 2. The molecule has 1 aromatic heterocycles. The normalized spacial score (nSPS) is 14.1. The molecule has 0 saturated carbocycles. The average molecular weight is 190 g/mol. The lowest BCUT2D eigenvalue weighted by Gasteiger charge is -2.10. The zero-order valence-electron chi connectivity index (χ0n) is 9.33. The van der Waals surface area contributed by atoms with Crippen molar-refractivity contribution < 1.29 is 0 Å². The molecule has 0 amide bonds. The van der Waals surface area contributed by atoms with Crippen LogP contribution >= 0.6 is 0 Å². The molecule has 0 aliphatic heterocycles. The monoisotopic (exact) mass is 190 g/mol. The van der Waals surface area contributed by atoms with Crippen LogP contribution in [-0.4, -0.2) is 18.1 Å². The van der Waals surface area contributed by atoms with Gasteiger partial charge in [0.2, 0.25) is 0 Å². The van der Waals surface area contributed by atoms with Gasteiger partial charge in [0.05, 0.1) is 0 Å². The second kappa shape index (κ2) is 4.91. The lowest BCUT2D eigenvalue weighted by molar-refractivity contribution is 0.696. The van der Waals surface area contributed by atoms with Crippen LogP contribution in [0.25, 0.3) is 6.08 Å². The quantitative estimate of drug-likeness (QED) is 0.791. The van der Waals surface area contributed by atoms with Crippen LogP contribution in [0.15, 0.2) is 23.9 Å². The smallest absolute Gasteiger partial charge is 0.0373 e. The highest BCUT2D eigenvalue weighted by Gasteiger charge is 1.99. The van der Waals surface area contributed by atoms with Crippen LogP contribution in [0.1, 0.15) is 25.1 Å². The minimum Gasteiger partial charge on any atom is -0.314 e. The van der Waals surface area contributed by atoms with Crippen LogP contribution in [0, 0.1) is 6.92 Å². The van der Waals surface area contributed by atoms with E-state index in [0.717, 1.165) is 11.3 Å². The van der Waals surface area contributed by atoms with Crippen LogP contribution in [0.4, 0.5) is 0 Å². The second-order valence-corrected chi connectivity index (χ2v) is 3.63. The van der Waals surface area contributed by atoms with Crippen molar-refractivity contribution in [1.29, 1.82) is 0 Å². The molecule has 0 radical (unpaired) electrons. The van der Waals surface area contributed by atoms with E-state index in [2.05, 4.69) is 36.3 Å². The Balaban J connectivity index is 2.81. The average Bonchev–Trinajstić information content (AvgIpc) is 2.20. The van der Waals surface area contributed by atoms with E-state index in [-0.39, 0.29) is 0 Å². The second-order valence-electron chi connectivity index (χ2n) is 3.63. The molecule has 1 N–H and O–H groups in total. The molecule has 1 atom stereocenters. The number of aromatic nitrogens is 1. The summed E-state index contributed by atoms with van der Waals surface area (Å²) in [5, 5.41) is 3.21. The SMILES string of the molecule is CNC(C)/C(C)=C/c1ccc(C)nc1. The third-order valence-corrected chi connectivity index (χ3v) is 2.44. The molecule has 0 aliphatic rings. The van der Waals surface area contributed by atoms with Gasteiger partial charge in [0.25, 0.3) is 0 Å². The number of pyridine rings is 1. The molecule has 1 aromatic rings. The van der Waals surface area contributed by atoms with E-state index in [1.54, 1.807) is 0 Å². The van der Waals surface area contributed by atoms with Gasteiger partial charge >= 0.3 is 0 Å². The van der Waals surface area contributed by atoms with Gasteiger partial charge in [-0.3, -0.25) is 4.98 Å². The van der Waals surface area contributed by atoms with Crippen molar-refractivity contribution in [2.24, 2.45) is 0 Å². The maximum atomic E-state index is 4.25. The Morgan fingerprint density at radius 1 is 1.50 bits per heavy atom.